The average molecular weight is 262 g/mol. The van der Waals surface area contributed by atoms with Crippen LogP contribution in [0.5, 0.6) is 0 Å². The third-order valence-electron chi connectivity index (χ3n) is 2.74. The van der Waals surface area contributed by atoms with E-state index in [0.717, 1.165) is 12.2 Å². The first-order valence-electron chi connectivity index (χ1n) is 6.36. The molecule has 19 heavy (non-hydrogen) atoms. The molecule has 6 heteroatoms. The number of hydrogen-bond acceptors (Lipinski definition) is 5. The van der Waals surface area contributed by atoms with E-state index in [1.165, 1.54) is 0 Å². The van der Waals surface area contributed by atoms with Crippen LogP contribution in [-0.2, 0) is 6.54 Å². The lowest BCUT2D eigenvalue weighted by Gasteiger charge is -2.11. The summed E-state index contributed by atoms with van der Waals surface area (Å²) in [5.74, 6) is 1.61. The van der Waals surface area contributed by atoms with E-state index in [1.807, 2.05) is 20.8 Å². The van der Waals surface area contributed by atoms with Crippen LogP contribution in [0.3, 0.4) is 0 Å². The summed E-state index contributed by atoms with van der Waals surface area (Å²) in [5.41, 5.74) is -0.125. The average Bonchev–Trinajstić information content (AvgIpc) is 2.81. The van der Waals surface area contributed by atoms with E-state index in [0.29, 0.717) is 18.3 Å². The second kappa shape index (κ2) is 5.69. The minimum atomic E-state index is -0.202. The summed E-state index contributed by atoms with van der Waals surface area (Å²) >= 11 is 0. The molecule has 2 rings (SSSR count). The van der Waals surface area contributed by atoms with Gasteiger partial charge in [0.1, 0.15) is 11.8 Å². The highest BCUT2D eigenvalue weighted by atomic mass is 16.4. The lowest BCUT2D eigenvalue weighted by molar-refractivity contribution is 0.453. The molecule has 0 fully saturated rings. The minimum absolute atomic E-state index is 0.125. The predicted octanol–water partition coefficient (Wildman–Crippen LogP) is 2.12. The molecule has 0 spiro atoms. The van der Waals surface area contributed by atoms with Crippen LogP contribution in [0, 0.1) is 6.92 Å². The Morgan fingerprint density at radius 3 is 2.89 bits per heavy atom. The van der Waals surface area contributed by atoms with Crippen molar-refractivity contribution < 1.29 is 4.42 Å². The second-order valence-corrected chi connectivity index (χ2v) is 4.45. The number of aryl methyl sites for hydroxylation is 2. The fourth-order valence-corrected chi connectivity index (χ4v) is 1.80. The Bertz CT molecular complexity index is 603. The van der Waals surface area contributed by atoms with Gasteiger partial charge in [-0.1, -0.05) is 6.92 Å². The SMILES string of the molecule is CCCn1ccnc(NC(C)c2ncc(C)o2)c1=O. The quantitative estimate of drug-likeness (QED) is 0.893. The van der Waals surface area contributed by atoms with Gasteiger partial charge in [0.15, 0.2) is 5.82 Å². The van der Waals surface area contributed by atoms with E-state index >= 15 is 0 Å². The van der Waals surface area contributed by atoms with Crippen molar-refractivity contribution >= 4 is 5.82 Å². The van der Waals surface area contributed by atoms with Gasteiger partial charge >= 0.3 is 0 Å². The number of anilines is 1. The minimum Gasteiger partial charge on any atom is -0.444 e. The molecule has 6 nitrogen and oxygen atoms in total. The first-order valence-corrected chi connectivity index (χ1v) is 6.36. The zero-order chi connectivity index (χ0) is 13.8. The number of aromatic nitrogens is 3. The van der Waals surface area contributed by atoms with Crippen molar-refractivity contribution in [3.05, 3.63) is 40.6 Å². The molecular formula is C13H18N4O2. The molecule has 0 aliphatic carbocycles. The molecule has 2 aromatic rings. The number of rotatable bonds is 5. The molecule has 102 valence electrons. The Labute approximate surface area is 111 Å². The molecule has 0 radical (unpaired) electrons. The molecule has 0 saturated carbocycles. The van der Waals surface area contributed by atoms with E-state index in [1.54, 1.807) is 23.2 Å². The predicted molar refractivity (Wildman–Crippen MR) is 72.1 cm³/mol. The summed E-state index contributed by atoms with van der Waals surface area (Å²) in [6, 6.07) is -0.202. The van der Waals surface area contributed by atoms with Gasteiger partial charge in [-0.25, -0.2) is 9.97 Å². The lowest BCUT2D eigenvalue weighted by Crippen LogP contribution is -2.25. The maximum atomic E-state index is 12.1. The first-order chi connectivity index (χ1) is 9.11. The summed E-state index contributed by atoms with van der Waals surface area (Å²) in [4.78, 5) is 20.3. The van der Waals surface area contributed by atoms with Crippen LogP contribution in [-0.4, -0.2) is 14.5 Å². The van der Waals surface area contributed by atoms with Gasteiger partial charge in [-0.2, -0.15) is 0 Å². The summed E-state index contributed by atoms with van der Waals surface area (Å²) < 4.78 is 7.07. The molecule has 1 N–H and O–H groups in total. The van der Waals surface area contributed by atoms with Crippen molar-refractivity contribution in [2.24, 2.45) is 0 Å². The van der Waals surface area contributed by atoms with Crippen LogP contribution in [0.25, 0.3) is 0 Å². The van der Waals surface area contributed by atoms with E-state index in [-0.39, 0.29) is 11.6 Å². The zero-order valence-corrected chi connectivity index (χ0v) is 11.4. The van der Waals surface area contributed by atoms with Crippen molar-refractivity contribution in [1.29, 1.82) is 0 Å². The lowest BCUT2D eigenvalue weighted by atomic mass is 10.3. The molecule has 0 aliphatic heterocycles. The van der Waals surface area contributed by atoms with Gasteiger partial charge < -0.3 is 14.3 Å². The Morgan fingerprint density at radius 2 is 2.26 bits per heavy atom. The van der Waals surface area contributed by atoms with Gasteiger partial charge in [-0.3, -0.25) is 4.79 Å². The Morgan fingerprint density at radius 1 is 1.47 bits per heavy atom. The van der Waals surface area contributed by atoms with E-state index in [4.69, 9.17) is 4.42 Å². The van der Waals surface area contributed by atoms with Crippen molar-refractivity contribution in [1.82, 2.24) is 14.5 Å². The smallest absolute Gasteiger partial charge is 0.293 e. The van der Waals surface area contributed by atoms with Crippen molar-refractivity contribution in [2.45, 2.75) is 39.8 Å². The fourth-order valence-electron chi connectivity index (χ4n) is 1.80. The highest BCUT2D eigenvalue weighted by molar-refractivity contribution is 5.32. The maximum Gasteiger partial charge on any atom is 0.293 e. The van der Waals surface area contributed by atoms with Crippen LogP contribution in [0.1, 0.15) is 38.0 Å². The molecular weight excluding hydrogens is 244 g/mol. The monoisotopic (exact) mass is 262 g/mol. The van der Waals surface area contributed by atoms with E-state index < -0.39 is 0 Å². The normalized spacial score (nSPS) is 12.4. The van der Waals surface area contributed by atoms with Gasteiger partial charge in [0, 0.05) is 18.9 Å². The van der Waals surface area contributed by atoms with Crippen LogP contribution < -0.4 is 10.9 Å². The Kier molecular flexibility index (Phi) is 3.99. The zero-order valence-electron chi connectivity index (χ0n) is 11.4. The van der Waals surface area contributed by atoms with E-state index in [2.05, 4.69) is 15.3 Å². The molecule has 2 aromatic heterocycles. The molecule has 1 atom stereocenters. The molecule has 0 aliphatic rings. The third kappa shape index (κ3) is 3.01. The van der Waals surface area contributed by atoms with Gasteiger partial charge in [-0.05, 0) is 20.3 Å². The number of oxazole rings is 1. The highest BCUT2D eigenvalue weighted by Crippen LogP contribution is 2.15. The van der Waals surface area contributed by atoms with Gasteiger partial charge in [0.05, 0.1) is 6.20 Å². The maximum absolute atomic E-state index is 12.1. The fraction of sp³-hybridized carbons (Fsp3) is 0.462. The van der Waals surface area contributed by atoms with Crippen molar-refractivity contribution in [3.8, 4) is 0 Å². The van der Waals surface area contributed by atoms with Crippen LogP contribution in [0.4, 0.5) is 5.82 Å². The van der Waals surface area contributed by atoms with Gasteiger partial charge in [0.2, 0.25) is 5.89 Å². The van der Waals surface area contributed by atoms with Crippen molar-refractivity contribution in [3.63, 3.8) is 0 Å². The topological polar surface area (TPSA) is 73.0 Å². The van der Waals surface area contributed by atoms with Crippen LogP contribution in [0.2, 0.25) is 0 Å². The van der Waals surface area contributed by atoms with Gasteiger partial charge in [0.25, 0.3) is 5.56 Å². The second-order valence-electron chi connectivity index (χ2n) is 4.45. The molecule has 0 aromatic carbocycles. The molecule has 0 bridgehead atoms. The standard InChI is InChI=1S/C13H18N4O2/c1-4-6-17-7-5-14-11(13(17)18)16-10(3)12-15-8-9(2)19-12/h5,7-8,10H,4,6H2,1-3H3,(H,14,16). The Hall–Kier alpha value is -2.11. The number of nitrogens with one attached hydrogen (secondary N) is 1. The van der Waals surface area contributed by atoms with Crippen LogP contribution in [0.15, 0.2) is 27.8 Å². The Balaban J connectivity index is 2.19. The van der Waals surface area contributed by atoms with Crippen molar-refractivity contribution in [2.75, 3.05) is 5.32 Å². The van der Waals surface area contributed by atoms with Crippen LogP contribution >= 0.6 is 0 Å². The molecule has 0 amide bonds. The largest absolute Gasteiger partial charge is 0.444 e. The summed E-state index contributed by atoms with van der Waals surface area (Å²) in [7, 11) is 0. The summed E-state index contributed by atoms with van der Waals surface area (Å²) in [6.45, 7) is 6.42. The highest BCUT2D eigenvalue weighted by Gasteiger charge is 2.14. The van der Waals surface area contributed by atoms with Gasteiger partial charge in [-0.15, -0.1) is 0 Å². The molecule has 0 saturated heterocycles. The summed E-state index contributed by atoms with van der Waals surface area (Å²) in [6.07, 6.45) is 5.86. The van der Waals surface area contributed by atoms with E-state index in [9.17, 15) is 4.79 Å². The summed E-state index contributed by atoms with van der Waals surface area (Å²) in [5, 5.41) is 3.04. The molecule has 2 heterocycles. The first kappa shape index (κ1) is 13.3. The third-order valence-corrected chi connectivity index (χ3v) is 2.74. The molecule has 1 unspecified atom stereocenters. The number of nitrogens with zero attached hydrogens (tertiary/aromatic N) is 3. The number of hydrogen-bond donors (Lipinski definition) is 1.